The molecule has 0 aliphatic rings. The fourth-order valence-corrected chi connectivity index (χ4v) is 1.96. The van der Waals surface area contributed by atoms with E-state index in [9.17, 15) is 14.0 Å². The van der Waals surface area contributed by atoms with Gasteiger partial charge in [-0.15, -0.1) is 0 Å². The normalized spacial score (nSPS) is 11.6. The third-order valence-corrected chi connectivity index (χ3v) is 3.52. The summed E-state index contributed by atoms with van der Waals surface area (Å²) in [7, 11) is 0. The van der Waals surface area contributed by atoms with Gasteiger partial charge in [0.05, 0.1) is 6.07 Å². The minimum atomic E-state index is -2.62. The van der Waals surface area contributed by atoms with Crippen molar-refractivity contribution in [2.45, 2.75) is 38.5 Å². The molecular weight excluding hydrogens is 278 g/mol. The van der Waals surface area contributed by atoms with Gasteiger partial charge in [-0.3, -0.25) is 4.98 Å². The molecule has 2 rings (SSSR count). The van der Waals surface area contributed by atoms with E-state index in [1.165, 1.54) is 18.3 Å². The number of hydrogen-bond acceptors (Lipinski definition) is 5. The van der Waals surface area contributed by atoms with Crippen LogP contribution in [0.1, 0.15) is 44.7 Å². The predicted octanol–water partition coefficient (Wildman–Crippen LogP) is 3.65. The van der Waals surface area contributed by atoms with Gasteiger partial charge in [0.15, 0.2) is 0 Å². The summed E-state index contributed by atoms with van der Waals surface area (Å²) in [5, 5.41) is 13.1. The van der Waals surface area contributed by atoms with E-state index >= 15 is 0 Å². The lowest BCUT2D eigenvalue weighted by Gasteiger charge is -2.17. The molecule has 0 spiro atoms. The summed E-state index contributed by atoms with van der Waals surface area (Å²) in [6.07, 6.45) is -0.262. The van der Waals surface area contributed by atoms with Crippen LogP contribution in [0.15, 0.2) is 22.9 Å². The highest BCUT2D eigenvalue weighted by Crippen LogP contribution is 2.31. The van der Waals surface area contributed by atoms with Crippen LogP contribution in [0.3, 0.4) is 0 Å². The van der Waals surface area contributed by atoms with Crippen molar-refractivity contribution in [3.05, 3.63) is 29.9 Å². The van der Waals surface area contributed by atoms with E-state index in [0.29, 0.717) is 18.4 Å². The molecule has 0 aromatic carbocycles. The molecule has 0 bridgehead atoms. The zero-order chi connectivity index (χ0) is 15.5. The van der Waals surface area contributed by atoms with Crippen molar-refractivity contribution in [3.63, 3.8) is 0 Å². The third kappa shape index (κ3) is 2.75. The minimum absolute atomic E-state index is 0.236. The van der Waals surface area contributed by atoms with Gasteiger partial charge in [0, 0.05) is 11.8 Å². The first-order valence-electron chi connectivity index (χ1n) is 6.56. The Bertz CT molecular complexity index is 642. The maximum Gasteiger partial charge on any atom is 0.280 e. The van der Waals surface area contributed by atoms with E-state index in [-0.39, 0.29) is 17.4 Å². The van der Waals surface area contributed by atoms with Crippen molar-refractivity contribution in [1.29, 1.82) is 5.26 Å². The summed E-state index contributed by atoms with van der Waals surface area (Å²) in [5.74, 6) is 0.475. The second kappa shape index (κ2) is 5.95. The molecule has 0 amide bonds. The SMILES string of the molecule is CCC(C#N)(CC)c1nc(-c2ccc(C(F)F)nc2)no1. The molecule has 0 saturated heterocycles. The second-order valence-electron chi connectivity index (χ2n) is 4.60. The molecular formula is C14H14F2N4O. The van der Waals surface area contributed by atoms with Crippen LogP contribution >= 0.6 is 0 Å². The number of aromatic nitrogens is 3. The number of pyridine rings is 1. The molecule has 0 radical (unpaired) electrons. The number of halogens is 2. The summed E-state index contributed by atoms with van der Waals surface area (Å²) in [6.45, 7) is 3.74. The van der Waals surface area contributed by atoms with Gasteiger partial charge >= 0.3 is 0 Å². The van der Waals surface area contributed by atoms with E-state index in [0.717, 1.165) is 0 Å². The Hall–Kier alpha value is -2.36. The molecule has 0 saturated carbocycles. The molecule has 0 aliphatic carbocycles. The quantitative estimate of drug-likeness (QED) is 0.840. The average molecular weight is 292 g/mol. The van der Waals surface area contributed by atoms with Crippen molar-refractivity contribution in [3.8, 4) is 17.5 Å². The number of alkyl halides is 2. The monoisotopic (exact) mass is 292 g/mol. The van der Waals surface area contributed by atoms with Gasteiger partial charge in [-0.1, -0.05) is 19.0 Å². The molecule has 5 nitrogen and oxygen atoms in total. The van der Waals surface area contributed by atoms with Crippen LogP contribution in [0.25, 0.3) is 11.4 Å². The highest BCUT2D eigenvalue weighted by atomic mass is 19.3. The predicted molar refractivity (Wildman–Crippen MR) is 70.4 cm³/mol. The Balaban J connectivity index is 2.34. The van der Waals surface area contributed by atoms with Crippen molar-refractivity contribution in [2.75, 3.05) is 0 Å². The largest absolute Gasteiger partial charge is 0.337 e. The minimum Gasteiger partial charge on any atom is -0.337 e. The average Bonchev–Trinajstić information content (AvgIpc) is 3.00. The van der Waals surface area contributed by atoms with E-state index in [4.69, 9.17) is 4.52 Å². The summed E-state index contributed by atoms with van der Waals surface area (Å²) in [5.41, 5.74) is -0.661. The maximum absolute atomic E-state index is 12.5. The Morgan fingerprint density at radius 3 is 2.52 bits per heavy atom. The molecule has 7 heteroatoms. The maximum atomic E-state index is 12.5. The number of hydrogen-bond donors (Lipinski definition) is 0. The van der Waals surface area contributed by atoms with Crippen LogP contribution in [-0.2, 0) is 5.41 Å². The highest BCUT2D eigenvalue weighted by Gasteiger charge is 2.35. The van der Waals surface area contributed by atoms with Crippen LogP contribution in [0.2, 0.25) is 0 Å². The summed E-state index contributed by atoms with van der Waals surface area (Å²) in [4.78, 5) is 7.86. The molecule has 0 atom stereocenters. The molecule has 2 aromatic heterocycles. The lowest BCUT2D eigenvalue weighted by molar-refractivity contribution is 0.146. The van der Waals surface area contributed by atoms with Gasteiger partial charge < -0.3 is 4.52 Å². The first-order chi connectivity index (χ1) is 10.1. The second-order valence-corrected chi connectivity index (χ2v) is 4.60. The van der Waals surface area contributed by atoms with Crippen LogP contribution in [0.4, 0.5) is 8.78 Å². The van der Waals surface area contributed by atoms with E-state index in [1.54, 1.807) is 0 Å². The zero-order valence-corrected chi connectivity index (χ0v) is 11.7. The smallest absolute Gasteiger partial charge is 0.280 e. The third-order valence-electron chi connectivity index (χ3n) is 3.52. The van der Waals surface area contributed by atoms with Crippen LogP contribution in [-0.4, -0.2) is 15.1 Å². The van der Waals surface area contributed by atoms with Crippen molar-refractivity contribution < 1.29 is 13.3 Å². The van der Waals surface area contributed by atoms with E-state index in [2.05, 4.69) is 21.2 Å². The molecule has 2 heterocycles. The first kappa shape index (κ1) is 15.0. The molecule has 2 aromatic rings. The molecule has 0 N–H and O–H groups in total. The molecule has 110 valence electrons. The summed E-state index contributed by atoms with van der Waals surface area (Å²) < 4.78 is 30.1. The lowest BCUT2D eigenvalue weighted by Crippen LogP contribution is -2.22. The van der Waals surface area contributed by atoms with Gasteiger partial charge in [-0.2, -0.15) is 10.2 Å². The van der Waals surface area contributed by atoms with E-state index in [1.807, 2.05) is 13.8 Å². The van der Waals surface area contributed by atoms with Gasteiger partial charge in [0.25, 0.3) is 6.43 Å². The van der Waals surface area contributed by atoms with Crippen molar-refractivity contribution >= 4 is 0 Å². The van der Waals surface area contributed by atoms with Crippen LogP contribution in [0, 0.1) is 11.3 Å². The fraction of sp³-hybridized carbons (Fsp3) is 0.429. The van der Waals surface area contributed by atoms with Crippen LogP contribution in [0.5, 0.6) is 0 Å². The zero-order valence-electron chi connectivity index (χ0n) is 11.7. The van der Waals surface area contributed by atoms with Crippen molar-refractivity contribution in [2.24, 2.45) is 0 Å². The summed E-state index contributed by atoms with van der Waals surface area (Å²) in [6, 6.07) is 4.88. The van der Waals surface area contributed by atoms with Crippen molar-refractivity contribution in [1.82, 2.24) is 15.1 Å². The molecule has 0 fully saturated rings. The summed E-state index contributed by atoms with van der Waals surface area (Å²) >= 11 is 0. The number of rotatable bonds is 5. The highest BCUT2D eigenvalue weighted by molar-refractivity contribution is 5.52. The van der Waals surface area contributed by atoms with Gasteiger partial charge in [0.1, 0.15) is 11.1 Å². The standard InChI is InChI=1S/C14H14F2N4O/c1-3-14(4-2,8-17)13-19-12(20-21-13)9-5-6-10(11(15)16)18-7-9/h5-7,11H,3-4H2,1-2H3. The van der Waals surface area contributed by atoms with Gasteiger partial charge in [0.2, 0.25) is 11.7 Å². The van der Waals surface area contributed by atoms with Gasteiger partial charge in [-0.05, 0) is 25.0 Å². The van der Waals surface area contributed by atoms with Gasteiger partial charge in [-0.25, -0.2) is 8.78 Å². The number of nitriles is 1. The first-order valence-corrected chi connectivity index (χ1v) is 6.56. The Morgan fingerprint density at radius 1 is 1.33 bits per heavy atom. The Kier molecular flexibility index (Phi) is 4.26. The Labute approximate surface area is 120 Å². The van der Waals surface area contributed by atoms with E-state index < -0.39 is 11.8 Å². The fourth-order valence-electron chi connectivity index (χ4n) is 1.96. The molecule has 0 aliphatic heterocycles. The Morgan fingerprint density at radius 2 is 2.05 bits per heavy atom. The number of nitrogens with zero attached hydrogens (tertiary/aromatic N) is 4. The molecule has 0 unspecified atom stereocenters. The lowest BCUT2D eigenvalue weighted by atomic mass is 9.84. The topological polar surface area (TPSA) is 75.6 Å². The molecule has 21 heavy (non-hydrogen) atoms. The van der Waals surface area contributed by atoms with Crippen LogP contribution < -0.4 is 0 Å².